The zero-order chi connectivity index (χ0) is 10.8. The molecule has 0 N–H and O–H groups in total. The van der Waals surface area contributed by atoms with Crippen molar-refractivity contribution in [3.63, 3.8) is 0 Å². The topological polar surface area (TPSA) is 23.8 Å². The van der Waals surface area contributed by atoms with E-state index in [0.29, 0.717) is 5.57 Å². The van der Waals surface area contributed by atoms with Crippen molar-refractivity contribution in [1.29, 1.82) is 5.26 Å². The second kappa shape index (κ2) is 3.59. The maximum Gasteiger partial charge on any atom is 0.0991 e. The summed E-state index contributed by atoms with van der Waals surface area (Å²) in [5.74, 6) is 0. The minimum Gasteiger partial charge on any atom is -0.192 e. The Balaban J connectivity index is 2.63. The average Bonchev–Trinajstić information content (AvgIpc) is 2.27. The van der Waals surface area contributed by atoms with Gasteiger partial charge in [0.25, 0.3) is 0 Å². The fraction of sp³-hybridized carbons (Fsp3) is 0.0714. The molecule has 0 aliphatic carbocycles. The number of rotatable bonds is 1. The van der Waals surface area contributed by atoms with E-state index in [0.717, 1.165) is 10.9 Å². The molecule has 0 saturated carbocycles. The van der Waals surface area contributed by atoms with Crippen LogP contribution in [0.4, 0.5) is 0 Å². The van der Waals surface area contributed by atoms with E-state index in [1.54, 1.807) is 0 Å². The van der Waals surface area contributed by atoms with Crippen LogP contribution < -0.4 is 0 Å². The molecule has 0 bridgehead atoms. The van der Waals surface area contributed by atoms with Crippen LogP contribution in [0.15, 0.2) is 43.0 Å². The maximum atomic E-state index is 8.75. The maximum absolute atomic E-state index is 8.75. The van der Waals surface area contributed by atoms with Crippen molar-refractivity contribution >= 4 is 16.3 Å². The molecular formula is C14H11N. The normalized spacial score (nSPS) is 9.87. The lowest BCUT2D eigenvalue weighted by molar-refractivity contribution is 1.50. The summed E-state index contributed by atoms with van der Waals surface area (Å²) in [6.45, 7) is 5.78. The molecule has 2 rings (SSSR count). The van der Waals surface area contributed by atoms with Crippen LogP contribution in [0.1, 0.15) is 11.1 Å². The number of nitriles is 1. The Kier molecular flexibility index (Phi) is 2.27. The van der Waals surface area contributed by atoms with Gasteiger partial charge in [0.15, 0.2) is 0 Å². The summed E-state index contributed by atoms with van der Waals surface area (Å²) >= 11 is 0. The molecule has 0 amide bonds. The van der Waals surface area contributed by atoms with E-state index in [-0.39, 0.29) is 0 Å². The van der Waals surface area contributed by atoms with Gasteiger partial charge in [0.1, 0.15) is 0 Å². The summed E-state index contributed by atoms with van der Waals surface area (Å²) in [6, 6.07) is 14.3. The smallest absolute Gasteiger partial charge is 0.0991 e. The molecule has 0 aliphatic heterocycles. The van der Waals surface area contributed by atoms with E-state index >= 15 is 0 Å². The van der Waals surface area contributed by atoms with Crippen molar-refractivity contribution in [2.75, 3.05) is 0 Å². The number of hydrogen-bond acceptors (Lipinski definition) is 1. The molecule has 2 aromatic rings. The van der Waals surface area contributed by atoms with Crippen molar-refractivity contribution in [2.24, 2.45) is 0 Å². The Labute approximate surface area is 89.3 Å². The van der Waals surface area contributed by atoms with E-state index in [4.69, 9.17) is 5.26 Å². The largest absolute Gasteiger partial charge is 0.192 e. The number of allylic oxidation sites excluding steroid dienone is 1. The van der Waals surface area contributed by atoms with Gasteiger partial charge in [-0.15, -0.1) is 0 Å². The fourth-order valence-corrected chi connectivity index (χ4v) is 1.62. The van der Waals surface area contributed by atoms with Crippen LogP contribution in [-0.2, 0) is 0 Å². The number of hydrogen-bond donors (Lipinski definition) is 0. The third-order valence-corrected chi connectivity index (χ3v) is 2.48. The number of aryl methyl sites for hydroxylation is 1. The van der Waals surface area contributed by atoms with Gasteiger partial charge in [-0.1, -0.05) is 42.5 Å². The Hall–Kier alpha value is -2.07. The molecule has 72 valence electrons. The van der Waals surface area contributed by atoms with Gasteiger partial charge in [-0.25, -0.2) is 0 Å². The van der Waals surface area contributed by atoms with E-state index < -0.39 is 0 Å². The Morgan fingerprint density at radius 2 is 1.80 bits per heavy atom. The van der Waals surface area contributed by atoms with Crippen molar-refractivity contribution in [2.45, 2.75) is 6.92 Å². The van der Waals surface area contributed by atoms with Gasteiger partial charge >= 0.3 is 0 Å². The average molecular weight is 193 g/mol. The molecule has 0 aromatic heterocycles. The monoisotopic (exact) mass is 193 g/mol. The first-order chi connectivity index (χ1) is 7.20. The molecule has 0 atom stereocenters. The van der Waals surface area contributed by atoms with Crippen LogP contribution in [-0.4, -0.2) is 0 Å². The number of benzene rings is 2. The first kappa shape index (κ1) is 9.48. The molecule has 0 fully saturated rings. The molecule has 2 aromatic carbocycles. The molecular weight excluding hydrogens is 182 g/mol. The first-order valence-electron chi connectivity index (χ1n) is 4.80. The van der Waals surface area contributed by atoms with Crippen LogP contribution in [0.5, 0.6) is 0 Å². The van der Waals surface area contributed by atoms with Gasteiger partial charge in [-0.2, -0.15) is 5.26 Å². The predicted molar refractivity (Wildman–Crippen MR) is 63.3 cm³/mol. The summed E-state index contributed by atoms with van der Waals surface area (Å²) in [6.07, 6.45) is 0. The summed E-state index contributed by atoms with van der Waals surface area (Å²) in [4.78, 5) is 0. The lowest BCUT2D eigenvalue weighted by atomic mass is 10.0. The highest BCUT2D eigenvalue weighted by atomic mass is 14.2. The summed E-state index contributed by atoms with van der Waals surface area (Å²) in [5, 5.41) is 11.1. The van der Waals surface area contributed by atoms with E-state index in [2.05, 4.69) is 37.8 Å². The summed E-state index contributed by atoms with van der Waals surface area (Å²) in [5.41, 5.74) is 2.65. The third-order valence-electron chi connectivity index (χ3n) is 2.48. The molecule has 0 radical (unpaired) electrons. The van der Waals surface area contributed by atoms with E-state index in [9.17, 15) is 0 Å². The number of fused-ring (bicyclic) bond motifs is 1. The van der Waals surface area contributed by atoms with Gasteiger partial charge in [-0.3, -0.25) is 0 Å². The second-order valence-electron chi connectivity index (χ2n) is 3.66. The van der Waals surface area contributed by atoms with Crippen LogP contribution in [0.25, 0.3) is 16.3 Å². The van der Waals surface area contributed by atoms with Crippen LogP contribution in [0.3, 0.4) is 0 Å². The van der Waals surface area contributed by atoms with Crippen LogP contribution >= 0.6 is 0 Å². The van der Waals surface area contributed by atoms with Crippen molar-refractivity contribution in [1.82, 2.24) is 0 Å². The van der Waals surface area contributed by atoms with Gasteiger partial charge in [0, 0.05) is 0 Å². The quantitative estimate of drug-likeness (QED) is 0.634. The third kappa shape index (κ3) is 1.75. The Morgan fingerprint density at radius 3 is 2.53 bits per heavy atom. The lowest BCUT2D eigenvalue weighted by Gasteiger charge is -2.02. The van der Waals surface area contributed by atoms with Gasteiger partial charge < -0.3 is 0 Å². The molecule has 0 saturated heterocycles. The standard InChI is InChI=1S/C14H11N/c1-10-3-4-14-8-12(11(2)9-15)5-6-13(14)7-10/h3-8H,2H2,1H3. The zero-order valence-electron chi connectivity index (χ0n) is 8.62. The highest BCUT2D eigenvalue weighted by molar-refractivity contribution is 5.88. The molecule has 1 nitrogen and oxygen atoms in total. The molecule has 15 heavy (non-hydrogen) atoms. The first-order valence-corrected chi connectivity index (χ1v) is 4.80. The molecule has 0 heterocycles. The summed E-state index contributed by atoms with van der Waals surface area (Å²) < 4.78 is 0. The van der Waals surface area contributed by atoms with Crippen molar-refractivity contribution < 1.29 is 0 Å². The molecule has 0 spiro atoms. The Bertz CT molecular complexity index is 573. The van der Waals surface area contributed by atoms with E-state index in [1.165, 1.54) is 10.9 Å². The fourth-order valence-electron chi connectivity index (χ4n) is 1.62. The van der Waals surface area contributed by atoms with Gasteiger partial charge in [0.2, 0.25) is 0 Å². The molecule has 0 unspecified atom stereocenters. The summed E-state index contributed by atoms with van der Waals surface area (Å²) in [7, 11) is 0. The SMILES string of the molecule is C=C(C#N)c1ccc2cc(C)ccc2c1. The highest BCUT2D eigenvalue weighted by Gasteiger charge is 1.99. The number of nitrogens with zero attached hydrogens (tertiary/aromatic N) is 1. The molecule has 0 aliphatic rings. The van der Waals surface area contributed by atoms with Crippen molar-refractivity contribution in [3.05, 3.63) is 54.1 Å². The van der Waals surface area contributed by atoms with Gasteiger partial charge in [-0.05, 0) is 29.3 Å². The van der Waals surface area contributed by atoms with Crippen LogP contribution in [0, 0.1) is 18.3 Å². The highest BCUT2D eigenvalue weighted by Crippen LogP contribution is 2.20. The second-order valence-corrected chi connectivity index (χ2v) is 3.66. The van der Waals surface area contributed by atoms with Crippen LogP contribution in [0.2, 0.25) is 0 Å². The van der Waals surface area contributed by atoms with E-state index in [1.807, 2.05) is 18.2 Å². The zero-order valence-corrected chi connectivity index (χ0v) is 8.62. The minimum atomic E-state index is 0.512. The minimum absolute atomic E-state index is 0.512. The molecule has 1 heteroatoms. The van der Waals surface area contributed by atoms with Crippen molar-refractivity contribution in [3.8, 4) is 6.07 Å². The Morgan fingerprint density at radius 1 is 1.13 bits per heavy atom. The predicted octanol–water partition coefficient (Wildman–Crippen LogP) is 3.69. The van der Waals surface area contributed by atoms with Gasteiger partial charge in [0.05, 0.1) is 11.6 Å². The lowest BCUT2D eigenvalue weighted by Crippen LogP contribution is -1.81.